The molecular weight excluding hydrogens is 418 g/mol. The first-order valence-electron chi connectivity index (χ1n) is 11.4. The van der Waals surface area contributed by atoms with E-state index < -0.39 is 0 Å². The highest BCUT2D eigenvalue weighted by molar-refractivity contribution is 6.11. The zero-order valence-corrected chi connectivity index (χ0v) is 18.9. The number of aromatic nitrogens is 5. The molecule has 7 rings (SSSR count). The number of hydrogen-bond donors (Lipinski definition) is 0. The number of aryl methyl sites for hydroxylation is 2. The lowest BCUT2D eigenvalue weighted by Crippen LogP contribution is -2.00. The minimum Gasteiger partial charge on any atom is -0.292 e. The standard InChI is InChI=1S/C29H21N5/c1-18-8-5-10-20(16-18)33-23-13-4-3-12-22(23)25-28(33)32-29-27(31-25)26-24(14-7-15-30-26)34(29)21-11-6-9-19(2)17-21/h3-17H,1-2H3. The van der Waals surface area contributed by atoms with Crippen LogP contribution in [-0.2, 0) is 0 Å². The van der Waals surface area contributed by atoms with E-state index in [2.05, 4.69) is 102 Å². The third-order valence-electron chi connectivity index (χ3n) is 6.45. The Morgan fingerprint density at radius 3 is 1.94 bits per heavy atom. The molecule has 0 unspecified atom stereocenters. The lowest BCUT2D eigenvalue weighted by molar-refractivity contribution is 1.10. The van der Waals surface area contributed by atoms with Gasteiger partial charge in [-0.25, -0.2) is 9.97 Å². The molecule has 5 nitrogen and oxygen atoms in total. The predicted octanol–water partition coefficient (Wildman–Crippen LogP) is 6.68. The predicted molar refractivity (Wildman–Crippen MR) is 138 cm³/mol. The van der Waals surface area contributed by atoms with Crippen LogP contribution in [0.25, 0.3) is 55.6 Å². The Morgan fingerprint density at radius 2 is 1.21 bits per heavy atom. The maximum Gasteiger partial charge on any atom is 0.168 e. The van der Waals surface area contributed by atoms with E-state index in [4.69, 9.17) is 15.0 Å². The molecule has 0 aliphatic heterocycles. The molecule has 5 heteroatoms. The summed E-state index contributed by atoms with van der Waals surface area (Å²) >= 11 is 0. The lowest BCUT2D eigenvalue weighted by Gasteiger charge is -2.09. The minimum atomic E-state index is 0.809. The van der Waals surface area contributed by atoms with Crippen LogP contribution in [-0.4, -0.2) is 24.1 Å². The highest BCUT2D eigenvalue weighted by Crippen LogP contribution is 2.35. The second kappa shape index (κ2) is 6.99. The van der Waals surface area contributed by atoms with Crippen molar-refractivity contribution in [2.75, 3.05) is 0 Å². The zero-order valence-electron chi connectivity index (χ0n) is 18.9. The fourth-order valence-electron chi connectivity index (χ4n) is 4.98. The quantitative estimate of drug-likeness (QED) is 0.302. The summed E-state index contributed by atoms with van der Waals surface area (Å²) in [5.41, 5.74) is 10.8. The van der Waals surface area contributed by atoms with E-state index in [-0.39, 0.29) is 0 Å². The molecule has 0 bridgehead atoms. The zero-order chi connectivity index (χ0) is 22.8. The van der Waals surface area contributed by atoms with Crippen LogP contribution in [0.2, 0.25) is 0 Å². The molecule has 3 aromatic carbocycles. The van der Waals surface area contributed by atoms with Crippen LogP contribution >= 0.6 is 0 Å². The molecule has 0 fully saturated rings. The van der Waals surface area contributed by atoms with Crippen LogP contribution in [0.4, 0.5) is 0 Å². The first-order chi connectivity index (χ1) is 16.7. The molecular formula is C29H21N5. The SMILES string of the molecule is Cc1cccc(-n2c3ccccc3c3nc4c5ncccc5n(-c5cccc(C)c5)c4nc32)c1. The van der Waals surface area contributed by atoms with Crippen molar-refractivity contribution in [2.24, 2.45) is 0 Å². The Kier molecular flexibility index (Phi) is 3.91. The average Bonchev–Trinajstić information content (AvgIpc) is 3.35. The number of para-hydroxylation sites is 1. The van der Waals surface area contributed by atoms with Crippen molar-refractivity contribution >= 4 is 44.3 Å². The fraction of sp³-hybridized carbons (Fsp3) is 0.0690. The van der Waals surface area contributed by atoms with E-state index in [0.29, 0.717) is 0 Å². The monoisotopic (exact) mass is 439 g/mol. The summed E-state index contributed by atoms with van der Waals surface area (Å²) in [7, 11) is 0. The maximum absolute atomic E-state index is 5.29. The normalized spacial score (nSPS) is 11.8. The van der Waals surface area contributed by atoms with Gasteiger partial charge in [-0.15, -0.1) is 0 Å². The summed E-state index contributed by atoms with van der Waals surface area (Å²) in [5.74, 6) is 0. The number of benzene rings is 3. The first kappa shape index (κ1) is 19.0. The van der Waals surface area contributed by atoms with Crippen molar-refractivity contribution in [1.29, 1.82) is 0 Å². The summed E-state index contributed by atoms with van der Waals surface area (Å²) < 4.78 is 4.39. The van der Waals surface area contributed by atoms with Gasteiger partial charge in [-0.2, -0.15) is 0 Å². The summed E-state index contributed by atoms with van der Waals surface area (Å²) in [6, 6.07) is 29.4. The fourth-order valence-corrected chi connectivity index (χ4v) is 4.98. The van der Waals surface area contributed by atoms with Gasteiger partial charge < -0.3 is 0 Å². The van der Waals surface area contributed by atoms with Gasteiger partial charge in [-0.05, 0) is 67.4 Å². The van der Waals surface area contributed by atoms with Gasteiger partial charge in [0, 0.05) is 23.0 Å². The van der Waals surface area contributed by atoms with Crippen LogP contribution in [0.15, 0.2) is 91.1 Å². The third-order valence-corrected chi connectivity index (χ3v) is 6.45. The molecule has 0 aliphatic rings. The molecule has 0 amide bonds. The number of hydrogen-bond acceptors (Lipinski definition) is 3. The Labute approximate surface area is 195 Å². The van der Waals surface area contributed by atoms with Gasteiger partial charge in [-0.3, -0.25) is 14.1 Å². The van der Waals surface area contributed by atoms with Gasteiger partial charge in [-0.1, -0.05) is 42.5 Å². The second-order valence-electron chi connectivity index (χ2n) is 8.81. The molecule has 0 aliphatic carbocycles. The number of nitrogens with zero attached hydrogens (tertiary/aromatic N) is 5. The van der Waals surface area contributed by atoms with E-state index in [1.807, 2.05) is 12.3 Å². The van der Waals surface area contributed by atoms with E-state index in [1.165, 1.54) is 11.1 Å². The molecule has 4 aromatic heterocycles. The lowest BCUT2D eigenvalue weighted by atomic mass is 10.2. The van der Waals surface area contributed by atoms with Crippen LogP contribution in [0.3, 0.4) is 0 Å². The molecule has 0 saturated heterocycles. The topological polar surface area (TPSA) is 48.5 Å². The molecule has 0 atom stereocenters. The molecule has 0 saturated carbocycles. The van der Waals surface area contributed by atoms with Crippen molar-refractivity contribution in [3.8, 4) is 11.4 Å². The average molecular weight is 440 g/mol. The highest BCUT2D eigenvalue weighted by atomic mass is 15.1. The van der Waals surface area contributed by atoms with Gasteiger partial charge in [0.05, 0.1) is 11.0 Å². The van der Waals surface area contributed by atoms with Crippen molar-refractivity contribution in [3.63, 3.8) is 0 Å². The minimum absolute atomic E-state index is 0.809. The molecule has 0 spiro atoms. The first-order valence-corrected chi connectivity index (χ1v) is 11.4. The molecule has 4 heterocycles. The van der Waals surface area contributed by atoms with Gasteiger partial charge in [0.2, 0.25) is 0 Å². The summed E-state index contributed by atoms with van der Waals surface area (Å²) in [4.78, 5) is 15.2. The van der Waals surface area contributed by atoms with Gasteiger partial charge >= 0.3 is 0 Å². The van der Waals surface area contributed by atoms with Gasteiger partial charge in [0.15, 0.2) is 11.3 Å². The van der Waals surface area contributed by atoms with Crippen LogP contribution < -0.4 is 0 Å². The Balaban J connectivity index is 1.69. The Morgan fingerprint density at radius 1 is 0.559 bits per heavy atom. The van der Waals surface area contributed by atoms with Crippen molar-refractivity contribution < 1.29 is 0 Å². The van der Waals surface area contributed by atoms with Crippen LogP contribution in [0, 0.1) is 13.8 Å². The third kappa shape index (κ3) is 2.64. The van der Waals surface area contributed by atoms with Gasteiger partial charge in [0.1, 0.15) is 16.6 Å². The number of pyridine rings is 1. The van der Waals surface area contributed by atoms with Crippen molar-refractivity contribution in [3.05, 3.63) is 102 Å². The molecule has 162 valence electrons. The second-order valence-corrected chi connectivity index (χ2v) is 8.81. The molecule has 34 heavy (non-hydrogen) atoms. The van der Waals surface area contributed by atoms with E-state index in [1.54, 1.807) is 0 Å². The smallest absolute Gasteiger partial charge is 0.168 e. The largest absolute Gasteiger partial charge is 0.292 e. The molecule has 0 radical (unpaired) electrons. The summed E-state index contributed by atoms with van der Waals surface area (Å²) in [5, 5.41) is 1.08. The van der Waals surface area contributed by atoms with Gasteiger partial charge in [0.25, 0.3) is 0 Å². The Hall–Kier alpha value is -4.51. The van der Waals surface area contributed by atoms with Crippen molar-refractivity contribution in [2.45, 2.75) is 13.8 Å². The van der Waals surface area contributed by atoms with Crippen LogP contribution in [0.5, 0.6) is 0 Å². The van der Waals surface area contributed by atoms with E-state index >= 15 is 0 Å². The van der Waals surface area contributed by atoms with Crippen LogP contribution in [0.1, 0.15) is 11.1 Å². The molecule has 7 aromatic rings. The maximum atomic E-state index is 5.29. The number of fused-ring (bicyclic) bond motifs is 6. The Bertz CT molecular complexity index is 1760. The summed E-state index contributed by atoms with van der Waals surface area (Å²) in [6.07, 6.45) is 1.82. The van der Waals surface area contributed by atoms with Crippen molar-refractivity contribution in [1.82, 2.24) is 24.1 Å². The van der Waals surface area contributed by atoms with E-state index in [9.17, 15) is 0 Å². The van der Waals surface area contributed by atoms with E-state index in [0.717, 1.165) is 55.6 Å². The molecule has 0 N–H and O–H groups in total. The highest BCUT2D eigenvalue weighted by Gasteiger charge is 2.21. The summed E-state index contributed by atoms with van der Waals surface area (Å²) in [6.45, 7) is 4.22. The number of rotatable bonds is 2.